The summed E-state index contributed by atoms with van der Waals surface area (Å²) in [6.07, 6.45) is 0. The smallest absolute Gasteiger partial charge is 0.237 e. The highest BCUT2D eigenvalue weighted by molar-refractivity contribution is 8.02. The van der Waals surface area contributed by atoms with Crippen LogP contribution in [0.15, 0.2) is 52.9 Å². The van der Waals surface area contributed by atoms with Crippen LogP contribution < -0.4 is 10.6 Å². The Kier molecular flexibility index (Phi) is 6.36. The topological polar surface area (TPSA) is 66.9 Å². The van der Waals surface area contributed by atoms with E-state index in [1.165, 1.54) is 29.2 Å². The van der Waals surface area contributed by atoms with Gasteiger partial charge in [0.25, 0.3) is 0 Å². The number of aromatic nitrogens is 2. The SMILES string of the molecule is CC(Sc1nnc(NCc2ccccc2)s1)C(=O)Nc1c(F)cccc1F. The van der Waals surface area contributed by atoms with Gasteiger partial charge in [0.1, 0.15) is 17.3 Å². The van der Waals surface area contributed by atoms with E-state index in [1.54, 1.807) is 6.92 Å². The van der Waals surface area contributed by atoms with E-state index in [1.807, 2.05) is 30.3 Å². The van der Waals surface area contributed by atoms with Gasteiger partial charge < -0.3 is 10.6 Å². The molecule has 2 aromatic carbocycles. The molecule has 1 amide bonds. The van der Waals surface area contributed by atoms with Crippen LogP contribution >= 0.6 is 23.1 Å². The number of nitrogens with zero attached hydrogens (tertiary/aromatic N) is 2. The molecule has 0 saturated heterocycles. The van der Waals surface area contributed by atoms with Crippen LogP contribution in [0.5, 0.6) is 0 Å². The number of carbonyl (C=O) groups is 1. The minimum Gasteiger partial charge on any atom is -0.356 e. The molecule has 0 aliphatic heterocycles. The average molecular weight is 406 g/mol. The number of nitrogens with one attached hydrogen (secondary N) is 2. The van der Waals surface area contributed by atoms with Crippen LogP contribution in [0.2, 0.25) is 0 Å². The molecule has 0 aliphatic rings. The summed E-state index contributed by atoms with van der Waals surface area (Å²) in [4.78, 5) is 12.2. The lowest BCUT2D eigenvalue weighted by Gasteiger charge is -2.11. The van der Waals surface area contributed by atoms with Gasteiger partial charge in [-0.1, -0.05) is 59.5 Å². The van der Waals surface area contributed by atoms with Gasteiger partial charge in [-0.2, -0.15) is 0 Å². The molecule has 1 heterocycles. The van der Waals surface area contributed by atoms with Crippen molar-refractivity contribution in [2.24, 2.45) is 0 Å². The van der Waals surface area contributed by atoms with E-state index in [4.69, 9.17) is 0 Å². The number of anilines is 2. The molecule has 1 unspecified atom stereocenters. The minimum atomic E-state index is -0.816. The number of hydrogen-bond acceptors (Lipinski definition) is 6. The summed E-state index contributed by atoms with van der Waals surface area (Å²) in [5.74, 6) is -2.15. The van der Waals surface area contributed by atoms with Crippen molar-refractivity contribution in [3.63, 3.8) is 0 Å². The van der Waals surface area contributed by atoms with Gasteiger partial charge in [-0.15, -0.1) is 10.2 Å². The molecule has 3 aromatic rings. The number of benzene rings is 2. The van der Waals surface area contributed by atoms with Gasteiger partial charge in [-0.25, -0.2) is 8.78 Å². The first-order valence-electron chi connectivity index (χ1n) is 8.06. The fourth-order valence-electron chi connectivity index (χ4n) is 2.15. The second-order valence-electron chi connectivity index (χ2n) is 5.56. The zero-order valence-corrected chi connectivity index (χ0v) is 15.9. The van der Waals surface area contributed by atoms with Crippen molar-refractivity contribution in [1.29, 1.82) is 0 Å². The third kappa shape index (κ3) is 5.24. The zero-order valence-electron chi connectivity index (χ0n) is 14.3. The summed E-state index contributed by atoms with van der Waals surface area (Å²) in [5.41, 5.74) is 0.666. The molecule has 140 valence electrons. The molecule has 5 nitrogen and oxygen atoms in total. The van der Waals surface area contributed by atoms with Crippen LogP contribution in [-0.2, 0) is 11.3 Å². The van der Waals surface area contributed by atoms with E-state index < -0.39 is 28.5 Å². The van der Waals surface area contributed by atoms with Gasteiger partial charge in [0.2, 0.25) is 11.0 Å². The highest BCUT2D eigenvalue weighted by Gasteiger charge is 2.20. The third-order valence-electron chi connectivity index (χ3n) is 3.55. The van der Waals surface area contributed by atoms with Gasteiger partial charge in [-0.05, 0) is 24.6 Å². The van der Waals surface area contributed by atoms with Crippen molar-refractivity contribution in [2.45, 2.75) is 23.1 Å². The maximum Gasteiger partial charge on any atom is 0.237 e. The molecule has 0 fully saturated rings. The Morgan fingerprint density at radius 1 is 1.11 bits per heavy atom. The van der Waals surface area contributed by atoms with Gasteiger partial charge in [0, 0.05) is 6.54 Å². The monoisotopic (exact) mass is 406 g/mol. The standard InChI is InChI=1S/C18H16F2N4OS2/c1-11(16(25)22-15-13(19)8-5-9-14(15)20)26-18-24-23-17(27-18)21-10-12-6-3-2-4-7-12/h2-9,11H,10H2,1H3,(H,21,23)(H,22,25). The second kappa shape index (κ2) is 8.92. The summed E-state index contributed by atoms with van der Waals surface area (Å²) in [6.45, 7) is 2.25. The molecule has 3 rings (SSSR count). The Hall–Kier alpha value is -2.52. The van der Waals surface area contributed by atoms with Crippen molar-refractivity contribution < 1.29 is 13.6 Å². The van der Waals surface area contributed by atoms with E-state index in [-0.39, 0.29) is 0 Å². The first-order valence-corrected chi connectivity index (χ1v) is 9.75. The molecule has 0 spiro atoms. The number of halogens is 2. The van der Waals surface area contributed by atoms with E-state index in [9.17, 15) is 13.6 Å². The van der Waals surface area contributed by atoms with E-state index in [0.717, 1.165) is 17.7 Å². The molecule has 27 heavy (non-hydrogen) atoms. The lowest BCUT2D eigenvalue weighted by Crippen LogP contribution is -2.23. The molecule has 1 aromatic heterocycles. The first-order chi connectivity index (χ1) is 13.0. The van der Waals surface area contributed by atoms with Crippen LogP contribution in [0.4, 0.5) is 19.6 Å². The number of thioether (sulfide) groups is 1. The lowest BCUT2D eigenvalue weighted by atomic mass is 10.2. The molecule has 0 saturated carbocycles. The fraction of sp³-hybridized carbons (Fsp3) is 0.167. The third-order valence-corrected chi connectivity index (χ3v) is 5.62. The van der Waals surface area contributed by atoms with Crippen molar-refractivity contribution in [2.75, 3.05) is 10.6 Å². The Morgan fingerprint density at radius 2 is 1.81 bits per heavy atom. The van der Waals surface area contributed by atoms with E-state index >= 15 is 0 Å². The highest BCUT2D eigenvalue weighted by Crippen LogP contribution is 2.30. The average Bonchev–Trinajstić information content (AvgIpc) is 3.11. The zero-order chi connectivity index (χ0) is 19.2. The Labute approximate surface area is 163 Å². The first kappa shape index (κ1) is 19.2. The number of hydrogen-bond donors (Lipinski definition) is 2. The van der Waals surface area contributed by atoms with Crippen LogP contribution in [0.3, 0.4) is 0 Å². The Balaban J connectivity index is 1.55. The second-order valence-corrected chi connectivity index (χ2v) is 8.12. The van der Waals surface area contributed by atoms with Crippen molar-refractivity contribution in [3.8, 4) is 0 Å². The lowest BCUT2D eigenvalue weighted by molar-refractivity contribution is -0.115. The summed E-state index contributed by atoms with van der Waals surface area (Å²) < 4.78 is 27.9. The normalized spacial score (nSPS) is 11.8. The largest absolute Gasteiger partial charge is 0.356 e. The quantitative estimate of drug-likeness (QED) is 0.564. The van der Waals surface area contributed by atoms with Crippen molar-refractivity contribution in [3.05, 3.63) is 65.7 Å². The Bertz CT molecular complexity index is 900. The summed E-state index contributed by atoms with van der Waals surface area (Å²) in [5, 5.41) is 13.6. The Morgan fingerprint density at radius 3 is 2.52 bits per heavy atom. The van der Waals surface area contributed by atoms with Crippen molar-refractivity contribution >= 4 is 39.8 Å². The summed E-state index contributed by atoms with van der Waals surface area (Å²) in [7, 11) is 0. The number of amides is 1. The summed E-state index contributed by atoms with van der Waals surface area (Å²) in [6, 6.07) is 13.3. The van der Waals surface area contributed by atoms with Crippen LogP contribution in [0, 0.1) is 11.6 Å². The fourth-order valence-corrected chi connectivity index (χ4v) is 4.04. The highest BCUT2D eigenvalue weighted by atomic mass is 32.2. The minimum absolute atomic E-state index is 0.447. The van der Waals surface area contributed by atoms with Gasteiger partial charge in [0.05, 0.1) is 5.25 Å². The maximum absolute atomic E-state index is 13.6. The molecule has 0 radical (unpaired) electrons. The molecule has 1 atom stereocenters. The van der Waals surface area contributed by atoms with Gasteiger partial charge in [-0.3, -0.25) is 4.79 Å². The molecule has 0 aliphatic carbocycles. The molecule has 0 bridgehead atoms. The van der Waals surface area contributed by atoms with Gasteiger partial charge >= 0.3 is 0 Å². The predicted octanol–water partition coefficient (Wildman–Crippen LogP) is 4.55. The molecule has 2 N–H and O–H groups in total. The molecule has 9 heteroatoms. The van der Waals surface area contributed by atoms with Crippen molar-refractivity contribution in [1.82, 2.24) is 10.2 Å². The summed E-state index contributed by atoms with van der Waals surface area (Å²) >= 11 is 2.49. The maximum atomic E-state index is 13.6. The van der Waals surface area contributed by atoms with Crippen LogP contribution in [0.25, 0.3) is 0 Å². The van der Waals surface area contributed by atoms with E-state index in [0.29, 0.717) is 16.0 Å². The number of rotatable bonds is 7. The van der Waals surface area contributed by atoms with Gasteiger partial charge in [0.15, 0.2) is 4.34 Å². The van der Waals surface area contributed by atoms with E-state index in [2.05, 4.69) is 20.8 Å². The molecular formula is C18H16F2N4OS2. The van der Waals surface area contributed by atoms with Crippen LogP contribution in [0.1, 0.15) is 12.5 Å². The molecular weight excluding hydrogens is 390 g/mol. The number of para-hydroxylation sites is 1. The predicted molar refractivity (Wildman–Crippen MR) is 104 cm³/mol. The van der Waals surface area contributed by atoms with Crippen LogP contribution in [-0.4, -0.2) is 21.4 Å². The number of carbonyl (C=O) groups excluding carboxylic acids is 1.